The van der Waals surface area contributed by atoms with Gasteiger partial charge in [-0.1, -0.05) is 91.2 Å². The van der Waals surface area contributed by atoms with Gasteiger partial charge in [-0.25, -0.2) is 19.9 Å². The molecule has 0 fully saturated rings. The van der Waals surface area contributed by atoms with Gasteiger partial charge in [0.2, 0.25) is 0 Å². The third-order valence-electron chi connectivity index (χ3n) is 7.25. The summed E-state index contributed by atoms with van der Waals surface area (Å²) in [5, 5.41) is 120. The zero-order valence-electron chi connectivity index (χ0n) is 52.7. The van der Waals surface area contributed by atoms with Gasteiger partial charge in [-0.05, 0) is 128 Å². The molecular formula is C62H70N6O18Ru4. The fraction of sp³-hybridized carbons (Fsp3) is 0.290. The Morgan fingerprint density at radius 3 is 0.478 bits per heavy atom. The fourth-order valence-corrected chi connectivity index (χ4v) is 5.15. The van der Waals surface area contributed by atoms with Crippen LogP contribution in [0.3, 0.4) is 0 Å². The van der Waals surface area contributed by atoms with E-state index in [4.69, 9.17) is 10.5 Å². The molecular weight excluding hydrogens is 1520 g/mol. The van der Waals surface area contributed by atoms with Gasteiger partial charge in [0.1, 0.15) is 0 Å². The van der Waals surface area contributed by atoms with Gasteiger partial charge in [-0.15, -0.1) is 46.1 Å². The molecule has 2 aromatic heterocycles. The first-order chi connectivity index (χ1) is 39.6. The molecule has 2 radical (unpaired) electrons. The molecule has 0 N–H and O–H groups in total. The quantitative estimate of drug-likeness (QED) is 0.0924. The van der Waals surface area contributed by atoms with Crippen LogP contribution in [-0.2, 0) is 116 Å². The number of benzene rings is 3. The van der Waals surface area contributed by atoms with Crippen LogP contribution < -0.4 is 51.1 Å². The van der Waals surface area contributed by atoms with Crippen molar-refractivity contribution in [3.63, 3.8) is 0 Å². The van der Waals surface area contributed by atoms with E-state index in [-0.39, 0.29) is 192 Å². The Labute approximate surface area is 575 Å². The van der Waals surface area contributed by atoms with Crippen LogP contribution in [0, 0.1) is 22.7 Å². The minimum atomic E-state index is -0.420. The third kappa shape index (κ3) is 67.1. The number of para-hydroxylation sites is 4. The van der Waals surface area contributed by atoms with Crippen LogP contribution in [0.25, 0.3) is 44.1 Å². The number of ketones is 8. The Kier molecular flexibility index (Phi) is 70.0. The van der Waals surface area contributed by atoms with Crippen LogP contribution in [-0.4, -0.2) is 66.2 Å². The average molecular weight is 1590 g/mol. The number of hydrogen-bond acceptors (Lipinski definition) is 24. The van der Waals surface area contributed by atoms with E-state index in [2.05, 4.69) is 19.9 Å². The number of fused-ring (bicyclic) bond motifs is 4. The number of carbonyl (C=O) groups is 8. The summed E-state index contributed by atoms with van der Waals surface area (Å²) in [4.78, 5) is 97.1. The Morgan fingerprint density at radius 1 is 0.311 bits per heavy atom. The predicted octanol–water partition coefficient (Wildman–Crippen LogP) is 1.79. The molecule has 90 heavy (non-hydrogen) atoms. The van der Waals surface area contributed by atoms with Crippen molar-refractivity contribution >= 4 is 90.4 Å². The maximum Gasteiger partial charge on any atom is 3.00 e. The number of allylic oxidation sites excluding steroid dienone is 16. The molecule has 5 aromatic rings. The monoisotopic (exact) mass is 1590 g/mol. The second-order valence-electron chi connectivity index (χ2n) is 16.8. The van der Waals surface area contributed by atoms with Gasteiger partial charge in [0.25, 0.3) is 0 Å². The maximum atomic E-state index is 12.8. The molecule has 0 bridgehead atoms. The van der Waals surface area contributed by atoms with Crippen LogP contribution in [0.1, 0.15) is 125 Å². The first-order valence-electron chi connectivity index (χ1n) is 24.7. The zero-order valence-corrected chi connectivity index (χ0v) is 59.6. The fourth-order valence-electron chi connectivity index (χ4n) is 5.15. The average Bonchev–Trinajstić information content (AvgIpc) is 3.31. The molecule has 0 atom stereocenters. The van der Waals surface area contributed by atoms with E-state index in [1.54, 1.807) is 60.7 Å². The van der Waals surface area contributed by atoms with Crippen molar-refractivity contribution in [2.75, 3.05) is 0 Å². The summed E-state index contributed by atoms with van der Waals surface area (Å²) in [5.74, 6) is -3.84. The van der Waals surface area contributed by atoms with Gasteiger partial charge < -0.3 is 51.1 Å². The number of nitriles is 2. The van der Waals surface area contributed by atoms with E-state index in [0.717, 1.165) is 48.6 Å². The largest absolute Gasteiger partial charge is 3.00 e. The number of nitrogens with zero attached hydrogens (tertiary/aromatic N) is 6. The van der Waals surface area contributed by atoms with E-state index in [0.29, 0.717) is 22.1 Å². The molecule has 488 valence electrons. The second-order valence-corrected chi connectivity index (χ2v) is 16.8. The Bertz CT molecular complexity index is 2870. The summed E-state index contributed by atoms with van der Waals surface area (Å²) in [6.45, 7) is 24.4. The van der Waals surface area contributed by atoms with Crippen molar-refractivity contribution in [2.24, 2.45) is 0 Å². The first kappa shape index (κ1) is 103. The van der Waals surface area contributed by atoms with Crippen LogP contribution in [0.5, 0.6) is 11.5 Å². The summed E-state index contributed by atoms with van der Waals surface area (Å²) in [6, 6.07) is 17.7. The predicted molar refractivity (Wildman–Crippen MR) is 305 cm³/mol. The standard InChI is InChI=1S/C18H10N4O2.8C5H8O2.2C2H3N.4Ru/c23-17-13-14(20-10-6-2-1-5-9(10)19-13)18(24)16-15(17)21-11-7-3-4-8-12(11)22-16;8*1-4(6)3-5(2)7;2*1-2-3;;;;/h1-8,23-24H;8*3,6H,1-2H3;2*1H3;;;;/q;;;;;;;;;;;2*+2;2*+3/p-10/b;8*4-3-;;;;;;. The van der Waals surface area contributed by atoms with E-state index in [1.165, 1.54) is 125 Å². The minimum absolute atomic E-state index is 0. The summed E-state index contributed by atoms with van der Waals surface area (Å²) in [5.41, 5.74) is 2.41. The van der Waals surface area contributed by atoms with Crippen molar-refractivity contribution < 1.29 is 167 Å². The Balaban J connectivity index is -0.000000105. The summed E-state index contributed by atoms with van der Waals surface area (Å²) in [6.07, 6.45) is 8.44. The molecule has 0 saturated carbocycles. The topological polar surface area (TPSA) is 466 Å². The Hall–Kier alpha value is -8.39. The van der Waals surface area contributed by atoms with Gasteiger partial charge in [-0.3, -0.25) is 38.4 Å². The normalized spacial score (nSPS) is 10.4. The second kappa shape index (κ2) is 60.9. The SMILES string of the molecule is CC#N.CC#N.CC(=O)/C=C(/C)[O-].CC(=O)/C=C(/C)[O-].CC(=O)/C=C(/C)[O-].CC(=O)/C=C(/C)[O-].CC(=O)/C=C(/C)[O-].CC(=O)/C=C(/C)[O-].CC(=O)/C=C(/C)[O-].CC(=O)/C=C(/C)[O-].[O-]c1c2nc3ccccc3nc2c([O-])c2nc3ccccc3nc12.[Ru+2].[Ru+2].[Ru+3].[Ru+3]. The number of hydrogen-bond donors (Lipinski definition) is 0. The van der Waals surface area contributed by atoms with Crippen LogP contribution in [0.4, 0.5) is 0 Å². The molecule has 0 saturated heterocycles. The first-order valence-corrected chi connectivity index (χ1v) is 24.7. The molecule has 0 amide bonds. The molecule has 0 aliphatic carbocycles. The summed E-state index contributed by atoms with van der Waals surface area (Å²) < 4.78 is 0. The number of carbonyl (C=O) groups excluding carboxylic acids is 8. The van der Waals surface area contributed by atoms with E-state index in [1.807, 2.05) is 0 Å². The van der Waals surface area contributed by atoms with Gasteiger partial charge in [0.15, 0.2) is 46.3 Å². The van der Waals surface area contributed by atoms with Crippen LogP contribution in [0.15, 0.2) is 143 Å². The van der Waals surface area contributed by atoms with Crippen LogP contribution in [0.2, 0.25) is 0 Å². The molecule has 3 aromatic carbocycles. The van der Waals surface area contributed by atoms with Gasteiger partial charge in [0.05, 0.1) is 56.3 Å². The van der Waals surface area contributed by atoms with E-state index >= 15 is 0 Å². The van der Waals surface area contributed by atoms with Crippen molar-refractivity contribution in [3.8, 4) is 23.6 Å². The summed E-state index contributed by atoms with van der Waals surface area (Å²) >= 11 is 0. The third-order valence-corrected chi connectivity index (χ3v) is 7.25. The van der Waals surface area contributed by atoms with Gasteiger partial charge >= 0.3 is 77.9 Å². The van der Waals surface area contributed by atoms with Crippen molar-refractivity contribution in [3.05, 3.63) is 143 Å². The van der Waals surface area contributed by atoms with Gasteiger partial charge in [0, 0.05) is 13.8 Å². The van der Waals surface area contributed by atoms with E-state index in [9.17, 15) is 89.4 Å². The molecule has 0 aliphatic heterocycles. The van der Waals surface area contributed by atoms with Gasteiger partial charge in [-0.2, -0.15) is 10.5 Å². The molecule has 5 rings (SSSR count). The maximum absolute atomic E-state index is 12.8. The smallest absolute Gasteiger partial charge is 0.876 e. The van der Waals surface area contributed by atoms with Crippen molar-refractivity contribution in [2.45, 2.75) is 125 Å². The van der Waals surface area contributed by atoms with Crippen LogP contribution >= 0.6 is 0 Å². The molecule has 0 spiro atoms. The molecule has 28 heteroatoms. The number of rotatable bonds is 8. The zero-order chi connectivity index (χ0) is 68.6. The van der Waals surface area contributed by atoms with Crippen molar-refractivity contribution in [1.29, 1.82) is 10.5 Å². The number of aromatic nitrogens is 4. The van der Waals surface area contributed by atoms with Crippen molar-refractivity contribution in [1.82, 2.24) is 19.9 Å². The molecule has 0 aliphatic rings. The molecule has 2 heterocycles. The Morgan fingerprint density at radius 2 is 0.411 bits per heavy atom. The molecule has 24 nitrogen and oxygen atoms in total. The minimum Gasteiger partial charge on any atom is -0.876 e. The molecule has 0 unspecified atom stereocenters. The summed E-state index contributed by atoms with van der Waals surface area (Å²) in [7, 11) is 0. The van der Waals surface area contributed by atoms with E-state index < -0.39 is 11.5 Å².